The third-order valence-corrected chi connectivity index (χ3v) is 5.65. The van der Waals surface area contributed by atoms with Gasteiger partial charge in [-0.25, -0.2) is 4.79 Å². The minimum absolute atomic E-state index is 0.0567. The number of aromatic nitrogens is 4. The average molecular weight is 439 g/mol. The van der Waals surface area contributed by atoms with E-state index in [-0.39, 0.29) is 31.6 Å². The summed E-state index contributed by atoms with van der Waals surface area (Å²) < 4.78 is 18.0. The average Bonchev–Trinajstić information content (AvgIpc) is 3.47. The molecule has 0 bridgehead atoms. The minimum atomic E-state index is -0.524. The number of carbonyl (C=O) groups excluding carboxylic acids is 1. The van der Waals surface area contributed by atoms with Crippen molar-refractivity contribution in [3.8, 4) is 23.0 Å². The van der Waals surface area contributed by atoms with Crippen molar-refractivity contribution in [3.05, 3.63) is 57.2 Å². The Morgan fingerprint density at radius 3 is 2.91 bits per heavy atom. The number of fused-ring (bicyclic) bond motifs is 1. The molecule has 1 unspecified atom stereocenters. The number of aryl methyl sites for hydroxylation is 1. The molecular weight excluding hydrogens is 418 g/mol. The molecule has 11 nitrogen and oxygen atoms in total. The SMILES string of the molecule is O=C(CCn1ccc(=O)[nH]c1=O)N1CCCC(c2nnc(-c3ccc4c(c3)OCO4)o2)C1. The van der Waals surface area contributed by atoms with Crippen LogP contribution < -0.4 is 20.7 Å². The molecule has 1 amide bonds. The fraction of sp³-hybridized carbons (Fsp3) is 0.381. The molecule has 1 saturated heterocycles. The molecule has 5 rings (SSSR count). The summed E-state index contributed by atoms with van der Waals surface area (Å²) in [5.74, 6) is 2.07. The quantitative estimate of drug-likeness (QED) is 0.625. The zero-order valence-electron chi connectivity index (χ0n) is 17.2. The van der Waals surface area contributed by atoms with Gasteiger partial charge in [-0.1, -0.05) is 0 Å². The Morgan fingerprint density at radius 1 is 1.16 bits per heavy atom. The van der Waals surface area contributed by atoms with Gasteiger partial charge in [0.05, 0.1) is 5.92 Å². The zero-order valence-corrected chi connectivity index (χ0v) is 17.2. The first-order valence-electron chi connectivity index (χ1n) is 10.4. The number of H-pyrrole nitrogens is 1. The van der Waals surface area contributed by atoms with Gasteiger partial charge < -0.3 is 23.4 Å². The van der Waals surface area contributed by atoms with Gasteiger partial charge in [0.15, 0.2) is 11.5 Å². The number of amides is 1. The van der Waals surface area contributed by atoms with Crippen LogP contribution in [0.5, 0.6) is 11.5 Å². The van der Waals surface area contributed by atoms with Gasteiger partial charge in [0.2, 0.25) is 24.5 Å². The molecule has 4 heterocycles. The van der Waals surface area contributed by atoms with E-state index in [0.29, 0.717) is 36.4 Å². The molecule has 2 aliphatic rings. The van der Waals surface area contributed by atoms with Crippen LogP contribution in [0.15, 0.2) is 44.5 Å². The number of piperidine rings is 1. The first-order chi connectivity index (χ1) is 15.6. The van der Waals surface area contributed by atoms with E-state index < -0.39 is 11.2 Å². The van der Waals surface area contributed by atoms with Crippen LogP contribution >= 0.6 is 0 Å². The Bertz CT molecular complexity index is 1260. The summed E-state index contributed by atoms with van der Waals surface area (Å²) >= 11 is 0. The van der Waals surface area contributed by atoms with Crippen LogP contribution in [0.2, 0.25) is 0 Å². The topological polar surface area (TPSA) is 133 Å². The number of benzene rings is 1. The van der Waals surface area contributed by atoms with Crippen LogP contribution in [0.3, 0.4) is 0 Å². The van der Waals surface area contributed by atoms with E-state index in [9.17, 15) is 14.4 Å². The van der Waals surface area contributed by atoms with E-state index in [0.717, 1.165) is 18.4 Å². The lowest BCUT2D eigenvalue weighted by atomic mass is 9.98. The third-order valence-electron chi connectivity index (χ3n) is 5.65. The normalized spacial score (nSPS) is 17.5. The number of rotatable bonds is 5. The molecule has 0 radical (unpaired) electrons. The molecule has 0 saturated carbocycles. The summed E-state index contributed by atoms with van der Waals surface area (Å²) in [4.78, 5) is 39.6. The highest BCUT2D eigenvalue weighted by atomic mass is 16.7. The molecule has 0 spiro atoms. The summed E-state index contributed by atoms with van der Waals surface area (Å²) in [6.45, 7) is 1.50. The summed E-state index contributed by atoms with van der Waals surface area (Å²) in [6.07, 6.45) is 3.21. The van der Waals surface area contributed by atoms with E-state index in [1.54, 1.807) is 17.0 Å². The van der Waals surface area contributed by atoms with E-state index in [2.05, 4.69) is 15.2 Å². The van der Waals surface area contributed by atoms with Crippen molar-refractivity contribution in [2.45, 2.75) is 31.7 Å². The number of ether oxygens (including phenoxy) is 2. The molecule has 1 fully saturated rings. The molecule has 2 aliphatic heterocycles. The van der Waals surface area contributed by atoms with Gasteiger partial charge in [-0.15, -0.1) is 10.2 Å². The van der Waals surface area contributed by atoms with E-state index in [1.165, 1.54) is 16.8 Å². The predicted molar refractivity (Wildman–Crippen MR) is 110 cm³/mol. The van der Waals surface area contributed by atoms with E-state index in [1.807, 2.05) is 6.07 Å². The van der Waals surface area contributed by atoms with Gasteiger partial charge in [0, 0.05) is 43.9 Å². The number of nitrogens with zero attached hydrogens (tertiary/aromatic N) is 4. The zero-order chi connectivity index (χ0) is 22.1. The maximum atomic E-state index is 12.7. The van der Waals surface area contributed by atoms with Crippen LogP contribution in [0.1, 0.15) is 31.1 Å². The Morgan fingerprint density at radius 2 is 2.03 bits per heavy atom. The second kappa shape index (κ2) is 8.33. The minimum Gasteiger partial charge on any atom is -0.454 e. The Hall–Kier alpha value is -3.89. The van der Waals surface area contributed by atoms with E-state index >= 15 is 0 Å². The Labute approximate surface area is 181 Å². The third kappa shape index (κ3) is 4.01. The lowest BCUT2D eigenvalue weighted by molar-refractivity contribution is -0.132. The van der Waals surface area contributed by atoms with Crippen molar-refractivity contribution in [3.63, 3.8) is 0 Å². The molecular formula is C21H21N5O6. The van der Waals surface area contributed by atoms with Crippen molar-refractivity contribution >= 4 is 5.91 Å². The summed E-state index contributed by atoms with van der Waals surface area (Å²) in [5.41, 5.74) is -0.247. The molecule has 3 aromatic rings. The predicted octanol–water partition coefficient (Wildman–Crippen LogP) is 1.11. The second-order valence-electron chi connectivity index (χ2n) is 7.75. The molecule has 166 valence electrons. The van der Waals surface area contributed by atoms with Gasteiger partial charge in [0.25, 0.3) is 5.56 Å². The molecule has 1 N–H and O–H groups in total. The number of carbonyl (C=O) groups is 1. The van der Waals surface area contributed by atoms with Crippen molar-refractivity contribution < 1.29 is 18.7 Å². The smallest absolute Gasteiger partial charge is 0.328 e. The molecule has 11 heteroatoms. The summed E-state index contributed by atoms with van der Waals surface area (Å²) in [5, 5.41) is 8.38. The molecule has 1 aromatic carbocycles. The Balaban J connectivity index is 1.23. The maximum Gasteiger partial charge on any atom is 0.328 e. The first kappa shape index (κ1) is 20.0. The number of hydrogen-bond donors (Lipinski definition) is 1. The molecule has 2 aromatic heterocycles. The standard InChI is InChI=1S/C21H21N5O6/c27-17-5-8-25(21(29)22-17)9-6-18(28)26-7-1-2-14(11-26)20-24-23-19(32-20)13-3-4-15-16(10-13)31-12-30-15/h3-5,8,10,14H,1-2,6-7,9,11-12H2,(H,22,27,29). The number of hydrogen-bond acceptors (Lipinski definition) is 8. The van der Waals surface area contributed by atoms with Gasteiger partial charge in [-0.2, -0.15) is 0 Å². The van der Waals surface area contributed by atoms with Crippen molar-refractivity contribution in [2.75, 3.05) is 19.9 Å². The lowest BCUT2D eigenvalue weighted by Crippen LogP contribution is -2.40. The highest BCUT2D eigenvalue weighted by Gasteiger charge is 2.28. The van der Waals surface area contributed by atoms with Crippen molar-refractivity contribution in [2.24, 2.45) is 0 Å². The highest BCUT2D eigenvalue weighted by Crippen LogP contribution is 2.36. The van der Waals surface area contributed by atoms with Crippen LogP contribution in [-0.4, -0.2) is 50.4 Å². The number of nitrogens with one attached hydrogen (secondary N) is 1. The highest BCUT2D eigenvalue weighted by molar-refractivity contribution is 5.76. The van der Waals surface area contributed by atoms with Gasteiger partial charge in [-0.05, 0) is 31.0 Å². The maximum absolute atomic E-state index is 12.7. The van der Waals surface area contributed by atoms with Crippen molar-refractivity contribution in [1.29, 1.82) is 0 Å². The summed E-state index contributed by atoms with van der Waals surface area (Å²) in [6, 6.07) is 6.70. The largest absolute Gasteiger partial charge is 0.454 e. The summed E-state index contributed by atoms with van der Waals surface area (Å²) in [7, 11) is 0. The molecule has 0 aliphatic carbocycles. The lowest BCUT2D eigenvalue weighted by Gasteiger charge is -2.31. The van der Waals surface area contributed by atoms with Crippen LogP contribution in [-0.2, 0) is 11.3 Å². The first-order valence-corrected chi connectivity index (χ1v) is 10.4. The molecule has 1 atom stereocenters. The van der Waals surface area contributed by atoms with E-state index in [4.69, 9.17) is 13.9 Å². The number of aromatic amines is 1. The Kier molecular flexibility index (Phi) is 5.21. The van der Waals surface area contributed by atoms with Crippen molar-refractivity contribution in [1.82, 2.24) is 24.6 Å². The monoisotopic (exact) mass is 439 g/mol. The van der Waals surface area contributed by atoms with Crippen LogP contribution in [0.4, 0.5) is 0 Å². The molecule has 32 heavy (non-hydrogen) atoms. The van der Waals surface area contributed by atoms with Gasteiger partial charge in [0.1, 0.15) is 0 Å². The van der Waals surface area contributed by atoms with Gasteiger partial charge >= 0.3 is 5.69 Å². The fourth-order valence-electron chi connectivity index (χ4n) is 3.95. The second-order valence-corrected chi connectivity index (χ2v) is 7.75. The van der Waals surface area contributed by atoms with Crippen LogP contribution in [0.25, 0.3) is 11.5 Å². The van der Waals surface area contributed by atoms with Crippen LogP contribution in [0, 0.1) is 0 Å². The fourth-order valence-corrected chi connectivity index (χ4v) is 3.95. The number of likely N-dealkylation sites (tertiary alicyclic amines) is 1. The van der Waals surface area contributed by atoms with Gasteiger partial charge in [-0.3, -0.25) is 14.6 Å².